The summed E-state index contributed by atoms with van der Waals surface area (Å²) in [6.45, 7) is 2.65. The summed E-state index contributed by atoms with van der Waals surface area (Å²) < 4.78 is 5.29. The van der Waals surface area contributed by atoms with Gasteiger partial charge < -0.3 is 15.0 Å². The molecule has 0 saturated carbocycles. The van der Waals surface area contributed by atoms with E-state index < -0.39 is 5.25 Å². The SMILES string of the molecule is O=C(CC1SC(N2CCOCC2)=NC1=O)Nc1cc(Cl)cc(Cl)c1. The Morgan fingerprint density at radius 2 is 1.96 bits per heavy atom. The summed E-state index contributed by atoms with van der Waals surface area (Å²) in [6.07, 6.45) is 0.0466. The molecule has 0 radical (unpaired) electrons. The number of nitrogens with zero attached hydrogens (tertiary/aromatic N) is 2. The Labute approximate surface area is 153 Å². The van der Waals surface area contributed by atoms with Crippen LogP contribution in [0.1, 0.15) is 6.42 Å². The number of carbonyl (C=O) groups is 2. The number of thioether (sulfide) groups is 1. The van der Waals surface area contributed by atoms with E-state index in [1.807, 2.05) is 4.90 Å². The highest BCUT2D eigenvalue weighted by Gasteiger charge is 2.33. The fraction of sp³-hybridized carbons (Fsp3) is 0.400. The maximum Gasteiger partial charge on any atom is 0.262 e. The predicted molar refractivity (Wildman–Crippen MR) is 95.9 cm³/mol. The lowest BCUT2D eigenvalue weighted by Crippen LogP contribution is -2.39. The van der Waals surface area contributed by atoms with E-state index in [9.17, 15) is 9.59 Å². The first-order chi connectivity index (χ1) is 11.5. The van der Waals surface area contributed by atoms with Gasteiger partial charge in [-0.05, 0) is 18.2 Å². The van der Waals surface area contributed by atoms with Gasteiger partial charge in [0.1, 0.15) is 5.25 Å². The molecule has 1 atom stereocenters. The van der Waals surface area contributed by atoms with Crippen LogP contribution in [-0.4, -0.2) is 53.4 Å². The molecule has 2 aliphatic heterocycles. The van der Waals surface area contributed by atoms with Crippen molar-refractivity contribution in [3.63, 3.8) is 0 Å². The molecule has 2 heterocycles. The van der Waals surface area contributed by atoms with Gasteiger partial charge >= 0.3 is 0 Å². The third-order valence-electron chi connectivity index (χ3n) is 3.53. The molecule has 0 bridgehead atoms. The van der Waals surface area contributed by atoms with Crippen LogP contribution in [0.2, 0.25) is 10.0 Å². The van der Waals surface area contributed by atoms with Crippen molar-refractivity contribution in [2.24, 2.45) is 4.99 Å². The Kier molecular flexibility index (Phi) is 5.65. The number of benzene rings is 1. The van der Waals surface area contributed by atoms with Crippen LogP contribution in [0.4, 0.5) is 5.69 Å². The highest BCUT2D eigenvalue weighted by molar-refractivity contribution is 8.15. The van der Waals surface area contributed by atoms with Gasteiger partial charge in [-0.25, -0.2) is 0 Å². The van der Waals surface area contributed by atoms with Gasteiger partial charge in [0.15, 0.2) is 5.17 Å². The lowest BCUT2D eigenvalue weighted by atomic mass is 10.2. The van der Waals surface area contributed by atoms with Gasteiger partial charge in [0.25, 0.3) is 5.91 Å². The molecular formula is C15H15Cl2N3O3S. The number of halogens is 2. The first-order valence-corrected chi connectivity index (χ1v) is 9.02. The molecule has 0 spiro atoms. The molecule has 128 valence electrons. The number of aliphatic imine (C=N–C) groups is 1. The summed E-state index contributed by atoms with van der Waals surface area (Å²) in [5.74, 6) is -0.557. The minimum Gasteiger partial charge on any atom is -0.378 e. The van der Waals surface area contributed by atoms with Crippen molar-refractivity contribution in [2.45, 2.75) is 11.7 Å². The monoisotopic (exact) mass is 387 g/mol. The maximum atomic E-state index is 12.2. The van der Waals surface area contributed by atoms with Crippen LogP contribution in [0.5, 0.6) is 0 Å². The number of nitrogens with one attached hydrogen (secondary N) is 1. The molecule has 6 nitrogen and oxygen atoms in total. The maximum absolute atomic E-state index is 12.2. The van der Waals surface area contributed by atoms with Crippen molar-refractivity contribution >= 4 is 57.6 Å². The quantitative estimate of drug-likeness (QED) is 0.862. The van der Waals surface area contributed by atoms with Crippen LogP contribution >= 0.6 is 35.0 Å². The summed E-state index contributed by atoms with van der Waals surface area (Å²) in [6, 6.07) is 4.78. The minimum atomic E-state index is -0.502. The largest absolute Gasteiger partial charge is 0.378 e. The van der Waals surface area contributed by atoms with Gasteiger partial charge in [0.05, 0.1) is 13.2 Å². The molecule has 1 aromatic rings. The Hall–Kier alpha value is -1.28. The molecule has 24 heavy (non-hydrogen) atoms. The van der Waals surface area contributed by atoms with Crippen molar-refractivity contribution in [1.82, 2.24) is 4.90 Å². The second-order valence-corrected chi connectivity index (χ2v) is 7.39. The number of amidine groups is 1. The van der Waals surface area contributed by atoms with Gasteiger partial charge in [0.2, 0.25) is 5.91 Å². The van der Waals surface area contributed by atoms with Crippen molar-refractivity contribution < 1.29 is 14.3 Å². The molecule has 0 aromatic heterocycles. The molecule has 9 heteroatoms. The number of carbonyl (C=O) groups excluding carboxylic acids is 2. The number of amides is 2. The Balaban J connectivity index is 1.56. The normalized spacial score (nSPS) is 20.9. The topological polar surface area (TPSA) is 71.0 Å². The third-order valence-corrected chi connectivity index (χ3v) is 5.18. The first kappa shape index (κ1) is 17.5. The standard InChI is InChI=1S/C15H15Cl2N3O3S/c16-9-5-10(17)7-11(6-9)18-13(21)8-12-14(22)19-15(24-12)20-1-3-23-4-2-20/h5-7,12H,1-4,8H2,(H,18,21). The summed E-state index contributed by atoms with van der Waals surface area (Å²) in [5.41, 5.74) is 0.502. The molecule has 1 N–H and O–H groups in total. The number of rotatable bonds is 3. The van der Waals surface area contributed by atoms with Crippen molar-refractivity contribution in [3.05, 3.63) is 28.2 Å². The highest BCUT2D eigenvalue weighted by Crippen LogP contribution is 2.28. The lowest BCUT2D eigenvalue weighted by Gasteiger charge is -2.27. The van der Waals surface area contributed by atoms with Crippen LogP contribution < -0.4 is 5.32 Å². The fourth-order valence-electron chi connectivity index (χ4n) is 2.41. The zero-order valence-electron chi connectivity index (χ0n) is 12.6. The predicted octanol–water partition coefficient (Wildman–Crippen LogP) is 2.65. The summed E-state index contributed by atoms with van der Waals surface area (Å²) >= 11 is 13.1. The van der Waals surface area contributed by atoms with Gasteiger partial charge in [-0.3, -0.25) is 9.59 Å². The second kappa shape index (κ2) is 7.74. The van der Waals surface area contributed by atoms with Crippen molar-refractivity contribution in [2.75, 3.05) is 31.6 Å². The number of hydrogen-bond donors (Lipinski definition) is 1. The highest BCUT2D eigenvalue weighted by atomic mass is 35.5. The fourth-order valence-corrected chi connectivity index (χ4v) is 4.05. The van der Waals surface area contributed by atoms with E-state index >= 15 is 0 Å². The van der Waals surface area contributed by atoms with Crippen LogP contribution in [0, 0.1) is 0 Å². The first-order valence-electron chi connectivity index (χ1n) is 7.39. The minimum absolute atomic E-state index is 0.0466. The molecule has 0 aliphatic carbocycles. The summed E-state index contributed by atoms with van der Waals surface area (Å²) in [4.78, 5) is 30.3. The van der Waals surface area contributed by atoms with E-state index in [0.717, 1.165) is 0 Å². The molecule has 2 amide bonds. The molecule has 1 fully saturated rings. The van der Waals surface area contributed by atoms with Crippen LogP contribution in [0.25, 0.3) is 0 Å². The second-order valence-electron chi connectivity index (χ2n) is 5.35. The average molecular weight is 388 g/mol. The molecule has 3 rings (SSSR count). The van der Waals surface area contributed by atoms with Crippen molar-refractivity contribution in [1.29, 1.82) is 0 Å². The summed E-state index contributed by atoms with van der Waals surface area (Å²) in [5, 5.41) is 3.74. The number of hydrogen-bond acceptors (Lipinski definition) is 5. The smallest absolute Gasteiger partial charge is 0.262 e. The molecular weight excluding hydrogens is 373 g/mol. The van der Waals surface area contributed by atoms with E-state index in [4.69, 9.17) is 27.9 Å². The zero-order valence-corrected chi connectivity index (χ0v) is 15.0. The summed E-state index contributed by atoms with van der Waals surface area (Å²) in [7, 11) is 0. The third kappa shape index (κ3) is 4.42. The van der Waals surface area contributed by atoms with E-state index in [1.54, 1.807) is 18.2 Å². The van der Waals surface area contributed by atoms with Crippen molar-refractivity contribution in [3.8, 4) is 0 Å². The Morgan fingerprint density at radius 1 is 1.29 bits per heavy atom. The van der Waals surface area contributed by atoms with E-state index in [1.165, 1.54) is 11.8 Å². The zero-order chi connectivity index (χ0) is 17.1. The number of ether oxygens (including phenoxy) is 1. The van der Waals surface area contributed by atoms with Crippen LogP contribution in [-0.2, 0) is 14.3 Å². The van der Waals surface area contributed by atoms with Gasteiger partial charge in [0, 0.05) is 35.2 Å². The van der Waals surface area contributed by atoms with Crippen LogP contribution in [0.3, 0.4) is 0 Å². The lowest BCUT2D eigenvalue weighted by molar-refractivity contribution is -0.121. The van der Waals surface area contributed by atoms with E-state index in [0.29, 0.717) is 47.2 Å². The van der Waals surface area contributed by atoms with Gasteiger partial charge in [-0.15, -0.1) is 0 Å². The van der Waals surface area contributed by atoms with Crippen LogP contribution in [0.15, 0.2) is 23.2 Å². The average Bonchev–Trinajstić information content (AvgIpc) is 2.88. The van der Waals surface area contributed by atoms with Gasteiger partial charge in [-0.1, -0.05) is 35.0 Å². The Bertz CT molecular complexity index is 672. The molecule has 2 aliphatic rings. The molecule has 1 unspecified atom stereocenters. The Morgan fingerprint density at radius 3 is 2.62 bits per heavy atom. The molecule has 1 saturated heterocycles. The van der Waals surface area contributed by atoms with Gasteiger partial charge in [-0.2, -0.15) is 4.99 Å². The van der Waals surface area contributed by atoms with E-state index in [2.05, 4.69) is 10.3 Å². The number of morpholine rings is 1. The molecule has 1 aromatic carbocycles. The van der Waals surface area contributed by atoms with E-state index in [-0.39, 0.29) is 18.2 Å². The number of anilines is 1.